The van der Waals surface area contributed by atoms with E-state index in [1.165, 1.54) is 25.9 Å². The Morgan fingerprint density at radius 2 is 2.00 bits per heavy atom. The zero-order valence-corrected chi connectivity index (χ0v) is 9.85. The fourth-order valence-corrected chi connectivity index (χ4v) is 2.18. The lowest BCUT2D eigenvalue weighted by molar-refractivity contribution is 0.0698. The molecule has 1 fully saturated rings. The Bertz CT molecular complexity index is 387. The van der Waals surface area contributed by atoms with Gasteiger partial charge in [0.15, 0.2) is 0 Å². The number of carboxylic acid groups (broad SMARTS) is 1. The van der Waals surface area contributed by atoms with Crippen molar-refractivity contribution in [1.82, 2.24) is 4.90 Å². The molecule has 2 N–H and O–H groups in total. The number of carbonyl (C=O) groups is 1. The van der Waals surface area contributed by atoms with Gasteiger partial charge in [-0.1, -0.05) is 12.1 Å². The number of benzene rings is 1. The SMILES string of the molecule is O=C(O)c1ccccc1NCCN1CCCC1. The minimum atomic E-state index is -0.880. The molecule has 0 saturated carbocycles. The molecule has 17 heavy (non-hydrogen) atoms. The van der Waals surface area contributed by atoms with Gasteiger partial charge in [0.2, 0.25) is 0 Å². The lowest BCUT2D eigenvalue weighted by Crippen LogP contribution is -2.26. The van der Waals surface area contributed by atoms with Crippen molar-refractivity contribution in [3.8, 4) is 0 Å². The standard InChI is InChI=1S/C13H18N2O2/c16-13(17)11-5-1-2-6-12(11)14-7-10-15-8-3-4-9-15/h1-2,5-6,14H,3-4,7-10H2,(H,16,17). The van der Waals surface area contributed by atoms with Crippen molar-refractivity contribution in [2.24, 2.45) is 0 Å². The van der Waals surface area contributed by atoms with Gasteiger partial charge >= 0.3 is 5.97 Å². The fraction of sp³-hybridized carbons (Fsp3) is 0.462. The highest BCUT2D eigenvalue weighted by atomic mass is 16.4. The van der Waals surface area contributed by atoms with Gasteiger partial charge in [0.05, 0.1) is 5.56 Å². The van der Waals surface area contributed by atoms with Gasteiger partial charge in [-0.15, -0.1) is 0 Å². The number of carboxylic acids is 1. The number of para-hydroxylation sites is 1. The molecule has 1 aliphatic rings. The first-order valence-electron chi connectivity index (χ1n) is 6.06. The van der Waals surface area contributed by atoms with E-state index in [0.29, 0.717) is 11.3 Å². The Morgan fingerprint density at radius 3 is 2.71 bits per heavy atom. The molecular formula is C13H18N2O2. The maximum Gasteiger partial charge on any atom is 0.337 e. The molecule has 1 aliphatic heterocycles. The fourth-order valence-electron chi connectivity index (χ4n) is 2.18. The van der Waals surface area contributed by atoms with E-state index in [1.807, 2.05) is 12.1 Å². The van der Waals surface area contributed by atoms with Crippen LogP contribution in [0.15, 0.2) is 24.3 Å². The van der Waals surface area contributed by atoms with E-state index < -0.39 is 5.97 Å². The van der Waals surface area contributed by atoms with Crippen molar-refractivity contribution >= 4 is 11.7 Å². The summed E-state index contributed by atoms with van der Waals surface area (Å²) in [5.74, 6) is -0.880. The molecule has 0 radical (unpaired) electrons. The minimum absolute atomic E-state index is 0.342. The average molecular weight is 234 g/mol. The molecule has 0 unspecified atom stereocenters. The predicted octanol–water partition coefficient (Wildman–Crippen LogP) is 1.89. The van der Waals surface area contributed by atoms with E-state index in [2.05, 4.69) is 10.2 Å². The number of aromatic carboxylic acids is 1. The Labute approximate surface area is 101 Å². The Kier molecular flexibility index (Phi) is 3.98. The second-order valence-corrected chi connectivity index (χ2v) is 4.33. The van der Waals surface area contributed by atoms with Gasteiger partial charge in [0, 0.05) is 18.8 Å². The second kappa shape index (κ2) is 5.68. The maximum absolute atomic E-state index is 11.0. The summed E-state index contributed by atoms with van der Waals surface area (Å²) < 4.78 is 0. The van der Waals surface area contributed by atoms with Crippen molar-refractivity contribution in [3.05, 3.63) is 29.8 Å². The summed E-state index contributed by atoms with van der Waals surface area (Å²) in [7, 11) is 0. The number of nitrogens with zero attached hydrogens (tertiary/aromatic N) is 1. The zero-order valence-electron chi connectivity index (χ0n) is 9.85. The maximum atomic E-state index is 11.0. The molecule has 92 valence electrons. The zero-order chi connectivity index (χ0) is 12.1. The smallest absolute Gasteiger partial charge is 0.337 e. The van der Waals surface area contributed by atoms with Gasteiger partial charge in [-0.3, -0.25) is 0 Å². The van der Waals surface area contributed by atoms with Gasteiger partial charge in [-0.25, -0.2) is 4.79 Å². The van der Waals surface area contributed by atoms with Crippen LogP contribution in [-0.4, -0.2) is 42.2 Å². The third kappa shape index (κ3) is 3.20. The predicted molar refractivity (Wildman–Crippen MR) is 67.6 cm³/mol. The summed E-state index contributed by atoms with van der Waals surface area (Å²) in [6.45, 7) is 4.11. The molecule has 0 aliphatic carbocycles. The van der Waals surface area contributed by atoms with Crippen LogP contribution in [0.4, 0.5) is 5.69 Å². The molecule has 1 heterocycles. The first-order valence-corrected chi connectivity index (χ1v) is 6.06. The highest BCUT2D eigenvalue weighted by Gasteiger charge is 2.11. The number of rotatable bonds is 5. The van der Waals surface area contributed by atoms with E-state index in [-0.39, 0.29) is 0 Å². The summed E-state index contributed by atoms with van der Waals surface area (Å²) in [6.07, 6.45) is 2.57. The summed E-state index contributed by atoms with van der Waals surface area (Å²) in [5, 5.41) is 12.2. The van der Waals surface area contributed by atoms with Gasteiger partial charge in [-0.2, -0.15) is 0 Å². The topological polar surface area (TPSA) is 52.6 Å². The second-order valence-electron chi connectivity index (χ2n) is 4.33. The highest BCUT2D eigenvalue weighted by Crippen LogP contribution is 2.14. The molecule has 0 aromatic heterocycles. The normalized spacial score (nSPS) is 16.0. The van der Waals surface area contributed by atoms with Crippen molar-refractivity contribution in [3.63, 3.8) is 0 Å². The summed E-state index contributed by atoms with van der Waals surface area (Å²) in [6, 6.07) is 7.04. The van der Waals surface area contributed by atoms with Gasteiger partial charge < -0.3 is 15.3 Å². The first kappa shape index (κ1) is 11.9. The third-order valence-electron chi connectivity index (χ3n) is 3.10. The van der Waals surface area contributed by atoms with Gasteiger partial charge in [0.25, 0.3) is 0 Å². The average Bonchev–Trinajstić information content (AvgIpc) is 2.82. The molecule has 0 spiro atoms. The van der Waals surface area contributed by atoms with Crippen LogP contribution in [-0.2, 0) is 0 Å². The molecule has 0 bridgehead atoms. The van der Waals surface area contributed by atoms with Crippen LogP contribution in [0.3, 0.4) is 0 Å². The van der Waals surface area contributed by atoms with E-state index in [4.69, 9.17) is 5.11 Å². The van der Waals surface area contributed by atoms with Crippen LogP contribution >= 0.6 is 0 Å². The Morgan fingerprint density at radius 1 is 1.29 bits per heavy atom. The molecule has 1 aromatic carbocycles. The minimum Gasteiger partial charge on any atom is -0.478 e. The quantitative estimate of drug-likeness (QED) is 0.817. The van der Waals surface area contributed by atoms with Crippen LogP contribution < -0.4 is 5.32 Å². The van der Waals surface area contributed by atoms with Crippen molar-refractivity contribution < 1.29 is 9.90 Å². The Balaban J connectivity index is 1.87. The monoisotopic (exact) mass is 234 g/mol. The first-order chi connectivity index (χ1) is 8.27. The highest BCUT2D eigenvalue weighted by molar-refractivity contribution is 5.94. The lowest BCUT2D eigenvalue weighted by Gasteiger charge is -2.16. The molecule has 4 heteroatoms. The number of anilines is 1. The van der Waals surface area contributed by atoms with Crippen molar-refractivity contribution in [1.29, 1.82) is 0 Å². The van der Waals surface area contributed by atoms with E-state index in [1.54, 1.807) is 12.1 Å². The van der Waals surface area contributed by atoms with Gasteiger partial charge in [-0.05, 0) is 38.1 Å². The van der Waals surface area contributed by atoms with Crippen molar-refractivity contribution in [2.45, 2.75) is 12.8 Å². The van der Waals surface area contributed by atoms with Gasteiger partial charge in [0.1, 0.15) is 0 Å². The van der Waals surface area contributed by atoms with E-state index in [0.717, 1.165) is 13.1 Å². The van der Waals surface area contributed by atoms with E-state index in [9.17, 15) is 4.79 Å². The largest absolute Gasteiger partial charge is 0.478 e. The number of likely N-dealkylation sites (tertiary alicyclic amines) is 1. The van der Waals surface area contributed by atoms with Crippen LogP contribution in [0.1, 0.15) is 23.2 Å². The molecule has 1 saturated heterocycles. The molecule has 0 atom stereocenters. The molecule has 1 aromatic rings. The Hall–Kier alpha value is -1.55. The molecular weight excluding hydrogens is 216 g/mol. The molecule has 2 rings (SSSR count). The lowest BCUT2D eigenvalue weighted by atomic mass is 10.2. The van der Waals surface area contributed by atoms with Crippen LogP contribution in [0, 0.1) is 0 Å². The number of hydrogen-bond donors (Lipinski definition) is 2. The van der Waals surface area contributed by atoms with Crippen LogP contribution in [0.2, 0.25) is 0 Å². The number of nitrogens with one attached hydrogen (secondary N) is 1. The summed E-state index contributed by atoms with van der Waals surface area (Å²) >= 11 is 0. The van der Waals surface area contributed by atoms with Crippen LogP contribution in [0.5, 0.6) is 0 Å². The summed E-state index contributed by atoms with van der Waals surface area (Å²) in [4.78, 5) is 13.4. The third-order valence-corrected chi connectivity index (χ3v) is 3.10. The number of hydrogen-bond acceptors (Lipinski definition) is 3. The summed E-state index contributed by atoms with van der Waals surface area (Å²) in [5.41, 5.74) is 1.05. The van der Waals surface area contributed by atoms with Crippen LogP contribution in [0.25, 0.3) is 0 Å². The molecule has 4 nitrogen and oxygen atoms in total. The van der Waals surface area contributed by atoms with E-state index >= 15 is 0 Å². The molecule has 0 amide bonds. The van der Waals surface area contributed by atoms with Crippen molar-refractivity contribution in [2.75, 3.05) is 31.5 Å².